The highest BCUT2D eigenvalue weighted by Gasteiger charge is 2.27. The zero-order chi connectivity index (χ0) is 20.8. The van der Waals surface area contributed by atoms with Crippen LogP contribution in [-0.4, -0.2) is 22.5 Å². The van der Waals surface area contributed by atoms with Gasteiger partial charge in [0.2, 0.25) is 0 Å². The fourth-order valence-electron chi connectivity index (χ4n) is 3.18. The molecule has 1 atom stereocenters. The van der Waals surface area contributed by atoms with Crippen molar-refractivity contribution in [1.29, 1.82) is 0 Å². The fraction of sp³-hybridized carbons (Fsp3) is 0.0952. The van der Waals surface area contributed by atoms with E-state index >= 15 is 0 Å². The first-order chi connectivity index (χ1) is 13.8. The Morgan fingerprint density at radius 2 is 1.72 bits per heavy atom. The third-order valence-corrected chi connectivity index (χ3v) is 7.37. The van der Waals surface area contributed by atoms with Gasteiger partial charge in [-0.2, -0.15) is 0 Å². The summed E-state index contributed by atoms with van der Waals surface area (Å²) in [5, 5.41) is 11.7. The third kappa shape index (κ3) is 3.77. The number of hydrogen-bond donors (Lipinski definition) is 1. The Labute approximate surface area is 185 Å². The van der Waals surface area contributed by atoms with Crippen LogP contribution >= 0.6 is 31.9 Å². The molecule has 8 heteroatoms. The van der Waals surface area contributed by atoms with Crippen molar-refractivity contribution in [3.63, 3.8) is 0 Å². The minimum absolute atomic E-state index is 0.158. The van der Waals surface area contributed by atoms with Crippen LogP contribution in [-0.2, 0) is 10.0 Å². The van der Waals surface area contributed by atoms with E-state index in [2.05, 4.69) is 36.8 Å². The number of benzene rings is 2. The maximum absolute atomic E-state index is 13.5. The summed E-state index contributed by atoms with van der Waals surface area (Å²) >= 11 is 6.69. The number of rotatable bonds is 4. The molecule has 0 saturated heterocycles. The number of halogens is 2. The van der Waals surface area contributed by atoms with E-state index in [0.29, 0.717) is 21.1 Å². The zero-order valence-electron chi connectivity index (χ0n) is 15.3. The predicted molar refractivity (Wildman–Crippen MR) is 119 cm³/mol. The summed E-state index contributed by atoms with van der Waals surface area (Å²) < 4.78 is 29.7. The highest BCUT2D eigenvalue weighted by molar-refractivity contribution is 9.10. The van der Waals surface area contributed by atoms with Crippen molar-refractivity contribution < 1.29 is 13.5 Å². The molecule has 1 N–H and O–H groups in total. The summed E-state index contributed by atoms with van der Waals surface area (Å²) in [6.45, 7) is 1.90. The van der Waals surface area contributed by atoms with Crippen LogP contribution < -0.4 is 0 Å². The summed E-state index contributed by atoms with van der Waals surface area (Å²) in [4.78, 5) is 4.30. The van der Waals surface area contributed by atoms with E-state index in [1.54, 1.807) is 54.6 Å². The van der Waals surface area contributed by atoms with E-state index in [-0.39, 0.29) is 10.6 Å². The van der Waals surface area contributed by atoms with Gasteiger partial charge < -0.3 is 5.11 Å². The van der Waals surface area contributed by atoms with Gasteiger partial charge in [0.15, 0.2) is 0 Å². The standard InChI is InChI=1S/C21H16Br2N2O3S/c1-13-2-6-17(7-3-13)29(27,28)25-18-8-5-16(22)10-15(18)11-19(25)21(26)14-4-9-20(23)24-12-14/h2-12,21,26H,1H3. The molecule has 0 amide bonds. The van der Waals surface area contributed by atoms with Crippen LogP contribution in [0.15, 0.2) is 80.8 Å². The Hall–Kier alpha value is -2.00. The monoisotopic (exact) mass is 534 g/mol. The molecule has 0 aliphatic rings. The quantitative estimate of drug-likeness (QED) is 0.365. The lowest BCUT2D eigenvalue weighted by Crippen LogP contribution is -2.18. The van der Waals surface area contributed by atoms with Gasteiger partial charge in [-0.15, -0.1) is 0 Å². The lowest BCUT2D eigenvalue weighted by molar-refractivity contribution is 0.214. The molecule has 2 aromatic carbocycles. The lowest BCUT2D eigenvalue weighted by Gasteiger charge is -2.16. The number of aryl methyl sites for hydroxylation is 1. The fourth-order valence-corrected chi connectivity index (χ4v) is 5.34. The SMILES string of the molecule is Cc1ccc(S(=O)(=O)n2c(C(O)c3ccc(Br)nc3)cc3cc(Br)ccc32)cc1. The van der Waals surface area contributed by atoms with Gasteiger partial charge in [-0.05, 0) is 65.3 Å². The smallest absolute Gasteiger partial charge is 0.268 e. The molecule has 0 radical (unpaired) electrons. The third-order valence-electron chi connectivity index (χ3n) is 4.65. The van der Waals surface area contributed by atoms with E-state index < -0.39 is 16.1 Å². The van der Waals surface area contributed by atoms with Crippen molar-refractivity contribution in [3.05, 3.63) is 92.8 Å². The van der Waals surface area contributed by atoms with E-state index in [1.807, 2.05) is 13.0 Å². The molecule has 0 aliphatic heterocycles. The van der Waals surface area contributed by atoms with Crippen LogP contribution in [0.4, 0.5) is 0 Å². The van der Waals surface area contributed by atoms with Crippen molar-refractivity contribution in [2.75, 3.05) is 0 Å². The number of aliphatic hydroxyl groups is 1. The van der Waals surface area contributed by atoms with Crippen molar-refractivity contribution in [3.8, 4) is 0 Å². The molecule has 2 aromatic heterocycles. The van der Waals surface area contributed by atoms with Gasteiger partial charge >= 0.3 is 0 Å². The molecular weight excluding hydrogens is 520 g/mol. The summed E-state index contributed by atoms with van der Waals surface area (Å²) in [5.41, 5.74) is 2.21. The normalized spacial score (nSPS) is 13.0. The van der Waals surface area contributed by atoms with Crippen molar-refractivity contribution in [2.24, 2.45) is 0 Å². The lowest BCUT2D eigenvalue weighted by atomic mass is 10.1. The zero-order valence-corrected chi connectivity index (χ0v) is 19.2. The molecule has 4 aromatic rings. The first-order valence-corrected chi connectivity index (χ1v) is 11.7. The first kappa shape index (κ1) is 20.3. The number of hydrogen-bond acceptors (Lipinski definition) is 4. The van der Waals surface area contributed by atoms with Gasteiger partial charge in [0.25, 0.3) is 10.0 Å². The Balaban J connectivity index is 1.97. The summed E-state index contributed by atoms with van der Waals surface area (Å²) in [6.07, 6.45) is 0.354. The predicted octanol–water partition coefficient (Wildman–Crippen LogP) is 5.19. The molecular formula is C21H16Br2N2O3S. The maximum Gasteiger partial charge on any atom is 0.268 e. The molecule has 0 spiro atoms. The average Bonchev–Trinajstić information content (AvgIpc) is 3.07. The van der Waals surface area contributed by atoms with Crippen LogP contribution in [0.5, 0.6) is 0 Å². The van der Waals surface area contributed by atoms with Crippen LogP contribution in [0.1, 0.15) is 22.9 Å². The molecule has 0 fully saturated rings. The van der Waals surface area contributed by atoms with E-state index in [9.17, 15) is 13.5 Å². The van der Waals surface area contributed by atoms with Gasteiger partial charge in [0, 0.05) is 21.6 Å². The van der Waals surface area contributed by atoms with Gasteiger partial charge in [0.1, 0.15) is 10.7 Å². The van der Waals surface area contributed by atoms with Crippen molar-refractivity contribution in [2.45, 2.75) is 17.9 Å². The van der Waals surface area contributed by atoms with Gasteiger partial charge in [-0.3, -0.25) is 0 Å². The first-order valence-electron chi connectivity index (χ1n) is 8.70. The Bertz CT molecular complexity index is 1300. The van der Waals surface area contributed by atoms with Crippen molar-refractivity contribution in [1.82, 2.24) is 8.96 Å². The Morgan fingerprint density at radius 1 is 1.00 bits per heavy atom. The van der Waals surface area contributed by atoms with Crippen molar-refractivity contribution >= 4 is 52.8 Å². The highest BCUT2D eigenvalue weighted by Crippen LogP contribution is 2.33. The average molecular weight is 536 g/mol. The molecule has 1 unspecified atom stereocenters. The van der Waals surface area contributed by atoms with Crippen LogP contribution in [0, 0.1) is 6.92 Å². The second-order valence-electron chi connectivity index (χ2n) is 6.67. The number of pyridine rings is 1. The largest absolute Gasteiger partial charge is 0.382 e. The number of aliphatic hydroxyl groups excluding tert-OH is 1. The molecule has 2 heterocycles. The molecule has 29 heavy (non-hydrogen) atoms. The van der Waals surface area contributed by atoms with Crippen LogP contribution in [0.25, 0.3) is 10.9 Å². The second kappa shape index (κ2) is 7.68. The Morgan fingerprint density at radius 3 is 2.38 bits per heavy atom. The maximum atomic E-state index is 13.5. The van der Waals surface area contributed by atoms with Crippen LogP contribution in [0.2, 0.25) is 0 Å². The van der Waals surface area contributed by atoms with Crippen LogP contribution in [0.3, 0.4) is 0 Å². The topological polar surface area (TPSA) is 72.2 Å². The molecule has 4 rings (SSSR count). The minimum atomic E-state index is -3.93. The second-order valence-corrected chi connectivity index (χ2v) is 10.2. The van der Waals surface area contributed by atoms with Gasteiger partial charge in [0.05, 0.1) is 16.1 Å². The highest BCUT2D eigenvalue weighted by atomic mass is 79.9. The minimum Gasteiger partial charge on any atom is -0.382 e. The van der Waals surface area contributed by atoms with Gasteiger partial charge in [-0.1, -0.05) is 39.7 Å². The number of nitrogens with zero attached hydrogens (tertiary/aromatic N) is 2. The summed E-state index contributed by atoms with van der Waals surface area (Å²) in [7, 11) is -3.93. The molecule has 148 valence electrons. The molecule has 5 nitrogen and oxygen atoms in total. The number of aromatic nitrogens is 2. The van der Waals surface area contributed by atoms with E-state index in [1.165, 1.54) is 10.2 Å². The molecule has 0 saturated carbocycles. The number of fused-ring (bicyclic) bond motifs is 1. The van der Waals surface area contributed by atoms with E-state index in [4.69, 9.17) is 0 Å². The Kier molecular flexibility index (Phi) is 5.37. The molecule has 0 aliphatic carbocycles. The van der Waals surface area contributed by atoms with E-state index in [0.717, 1.165) is 10.0 Å². The summed E-state index contributed by atoms with van der Waals surface area (Å²) in [5.74, 6) is 0. The molecule has 0 bridgehead atoms. The summed E-state index contributed by atoms with van der Waals surface area (Å²) in [6, 6.07) is 17.1. The van der Waals surface area contributed by atoms with Gasteiger partial charge in [-0.25, -0.2) is 17.4 Å².